The van der Waals surface area contributed by atoms with Crippen molar-refractivity contribution in [2.75, 3.05) is 25.0 Å². The lowest BCUT2D eigenvalue weighted by Crippen LogP contribution is -2.40. The van der Waals surface area contributed by atoms with Crippen molar-refractivity contribution in [1.29, 1.82) is 0 Å². The van der Waals surface area contributed by atoms with Crippen molar-refractivity contribution in [3.8, 4) is 0 Å². The number of hydrogen-bond donors (Lipinski definition) is 2. The van der Waals surface area contributed by atoms with Gasteiger partial charge in [0.05, 0.1) is 10.6 Å². The first-order valence-electron chi connectivity index (χ1n) is 10.2. The van der Waals surface area contributed by atoms with Gasteiger partial charge in [-0.05, 0) is 56.3 Å². The highest BCUT2D eigenvalue weighted by Crippen LogP contribution is 2.39. The van der Waals surface area contributed by atoms with Crippen LogP contribution in [0.1, 0.15) is 35.7 Å². The van der Waals surface area contributed by atoms with Crippen molar-refractivity contribution in [2.24, 2.45) is 0 Å². The Morgan fingerprint density at radius 3 is 2.97 bits per heavy atom. The van der Waals surface area contributed by atoms with Crippen molar-refractivity contribution in [3.63, 3.8) is 0 Å². The van der Waals surface area contributed by atoms with Crippen LogP contribution in [-0.2, 0) is 4.79 Å². The van der Waals surface area contributed by atoms with Gasteiger partial charge in [0, 0.05) is 28.6 Å². The van der Waals surface area contributed by atoms with Crippen LogP contribution in [0, 0.1) is 5.82 Å². The van der Waals surface area contributed by atoms with Crippen LogP contribution >= 0.6 is 11.8 Å². The van der Waals surface area contributed by atoms with Gasteiger partial charge < -0.3 is 10.6 Å². The molecule has 2 N–H and O–H groups in total. The molecule has 0 bridgehead atoms. The number of likely N-dealkylation sites (N-methyl/N-ethyl adjacent to an activating group) is 1. The third-order valence-electron chi connectivity index (χ3n) is 5.53. The van der Waals surface area contributed by atoms with Crippen LogP contribution in [0.15, 0.2) is 52.3 Å². The Morgan fingerprint density at radius 2 is 2.17 bits per heavy atom. The number of carbonyl (C=O) groups is 2. The minimum absolute atomic E-state index is 0.146. The summed E-state index contributed by atoms with van der Waals surface area (Å²) in [4.78, 5) is 28.7. The predicted molar refractivity (Wildman–Crippen MR) is 118 cm³/mol. The molecule has 30 heavy (non-hydrogen) atoms. The van der Waals surface area contributed by atoms with Gasteiger partial charge in [0.25, 0.3) is 11.8 Å². The molecule has 5 nitrogen and oxygen atoms in total. The number of fused-ring (bicyclic) bond motifs is 1. The first-order valence-corrected chi connectivity index (χ1v) is 11.0. The van der Waals surface area contributed by atoms with Crippen LogP contribution in [0.5, 0.6) is 0 Å². The van der Waals surface area contributed by atoms with E-state index in [4.69, 9.17) is 0 Å². The third kappa shape index (κ3) is 4.42. The molecular weight excluding hydrogens is 401 g/mol. The monoisotopic (exact) mass is 425 g/mol. The van der Waals surface area contributed by atoms with Gasteiger partial charge in [-0.2, -0.15) is 0 Å². The summed E-state index contributed by atoms with van der Waals surface area (Å²) in [5.74, 6) is -0.828. The number of hydrogen-bond acceptors (Lipinski definition) is 4. The number of amides is 2. The lowest BCUT2D eigenvalue weighted by atomic mass is 10.1. The van der Waals surface area contributed by atoms with E-state index in [-0.39, 0.29) is 17.6 Å². The van der Waals surface area contributed by atoms with Gasteiger partial charge in [-0.15, -0.1) is 0 Å². The zero-order valence-corrected chi connectivity index (χ0v) is 17.6. The second kappa shape index (κ2) is 9.02. The molecular formula is C23H24FN3O2S. The summed E-state index contributed by atoms with van der Waals surface area (Å²) in [6, 6.07) is 12.0. The molecule has 4 rings (SSSR count). The first kappa shape index (κ1) is 20.6. The maximum Gasteiger partial charge on any atom is 0.262 e. The van der Waals surface area contributed by atoms with Crippen molar-refractivity contribution in [2.45, 2.75) is 30.7 Å². The van der Waals surface area contributed by atoms with E-state index in [9.17, 15) is 14.0 Å². The molecule has 0 unspecified atom stereocenters. The summed E-state index contributed by atoms with van der Waals surface area (Å²) >= 11 is 1.27. The Kier molecular flexibility index (Phi) is 6.20. The molecule has 0 spiro atoms. The quantitative estimate of drug-likeness (QED) is 0.708. The van der Waals surface area contributed by atoms with E-state index in [1.165, 1.54) is 24.2 Å². The number of nitrogens with zero attached hydrogens (tertiary/aromatic N) is 1. The highest BCUT2D eigenvalue weighted by molar-refractivity contribution is 8.04. The fourth-order valence-electron chi connectivity index (χ4n) is 3.89. The summed E-state index contributed by atoms with van der Waals surface area (Å²) in [7, 11) is 0. The molecule has 2 amide bonds. The van der Waals surface area contributed by atoms with Gasteiger partial charge in [-0.3, -0.25) is 14.5 Å². The highest BCUT2D eigenvalue weighted by atomic mass is 32.2. The average molecular weight is 426 g/mol. The molecule has 1 saturated heterocycles. The second-order valence-corrected chi connectivity index (χ2v) is 8.52. The number of halogens is 1. The lowest BCUT2D eigenvalue weighted by Gasteiger charge is -2.23. The number of benzene rings is 2. The Balaban J connectivity index is 1.46. The fourth-order valence-corrected chi connectivity index (χ4v) is 4.81. The molecule has 2 heterocycles. The van der Waals surface area contributed by atoms with Crippen molar-refractivity contribution < 1.29 is 14.0 Å². The Morgan fingerprint density at radius 1 is 1.33 bits per heavy atom. The van der Waals surface area contributed by atoms with Crippen LogP contribution in [-0.4, -0.2) is 42.4 Å². The molecule has 2 aliphatic rings. The molecule has 2 aliphatic heterocycles. The fraction of sp³-hybridized carbons (Fsp3) is 0.304. The molecule has 1 fully saturated rings. The maximum absolute atomic E-state index is 13.9. The van der Waals surface area contributed by atoms with Crippen LogP contribution in [0.3, 0.4) is 0 Å². The molecule has 0 aliphatic carbocycles. The number of anilines is 1. The number of rotatable bonds is 5. The minimum Gasteiger partial charge on any atom is -0.350 e. The van der Waals surface area contributed by atoms with Gasteiger partial charge in [0.15, 0.2) is 0 Å². The summed E-state index contributed by atoms with van der Waals surface area (Å²) in [5, 5.41) is 5.84. The summed E-state index contributed by atoms with van der Waals surface area (Å²) in [6.45, 7) is 4.84. The molecule has 7 heteroatoms. The van der Waals surface area contributed by atoms with Gasteiger partial charge in [-0.25, -0.2) is 4.39 Å². The van der Waals surface area contributed by atoms with E-state index in [0.717, 1.165) is 24.4 Å². The number of carbonyl (C=O) groups excluding carboxylic acids is 2. The molecule has 0 saturated carbocycles. The Labute approximate surface area is 179 Å². The zero-order chi connectivity index (χ0) is 21.1. The SMILES string of the molecule is CCN1CCC[C@H]1CNC(=O)c1ccc2c(c1)NC(=O)/C(=C\c1ccccc1F)S2. The van der Waals surface area contributed by atoms with E-state index >= 15 is 0 Å². The summed E-state index contributed by atoms with van der Waals surface area (Å²) in [5.41, 5.74) is 1.47. The Bertz CT molecular complexity index is 1010. The van der Waals surface area contributed by atoms with Crippen LogP contribution in [0.25, 0.3) is 6.08 Å². The van der Waals surface area contributed by atoms with E-state index in [1.807, 2.05) is 6.07 Å². The van der Waals surface area contributed by atoms with E-state index < -0.39 is 0 Å². The van der Waals surface area contributed by atoms with Gasteiger partial charge in [0.1, 0.15) is 5.82 Å². The predicted octanol–water partition coefficient (Wildman–Crippen LogP) is 4.13. The standard InChI is InChI=1S/C23H24FN3O2S/c1-2-27-11-5-7-17(27)14-25-22(28)16-9-10-20-19(12-16)26-23(29)21(30-20)13-15-6-3-4-8-18(15)24/h3-4,6,8-10,12-13,17H,2,5,7,11,14H2,1H3,(H,25,28)(H,26,29)/b21-13+/t17-/m0/s1. The normalized spacial score (nSPS) is 20.1. The van der Waals surface area contributed by atoms with Crippen LogP contribution in [0.4, 0.5) is 10.1 Å². The first-order chi connectivity index (χ1) is 14.5. The van der Waals surface area contributed by atoms with Crippen LogP contribution < -0.4 is 10.6 Å². The number of nitrogens with one attached hydrogen (secondary N) is 2. The molecule has 0 aromatic heterocycles. The number of likely N-dealkylation sites (tertiary alicyclic amines) is 1. The topological polar surface area (TPSA) is 61.4 Å². The van der Waals surface area contributed by atoms with E-state index in [1.54, 1.807) is 36.4 Å². The molecule has 0 radical (unpaired) electrons. The Hall–Kier alpha value is -2.64. The third-order valence-corrected chi connectivity index (χ3v) is 6.63. The minimum atomic E-state index is -0.375. The lowest BCUT2D eigenvalue weighted by molar-refractivity contribution is -0.112. The second-order valence-electron chi connectivity index (χ2n) is 7.43. The van der Waals surface area contributed by atoms with Gasteiger partial charge >= 0.3 is 0 Å². The molecule has 2 aromatic carbocycles. The largest absolute Gasteiger partial charge is 0.350 e. The van der Waals surface area contributed by atoms with Crippen molar-refractivity contribution >= 4 is 35.3 Å². The highest BCUT2D eigenvalue weighted by Gasteiger charge is 2.25. The molecule has 1 atom stereocenters. The summed E-state index contributed by atoms with van der Waals surface area (Å²) < 4.78 is 13.9. The van der Waals surface area contributed by atoms with E-state index in [2.05, 4.69) is 22.5 Å². The number of thioether (sulfide) groups is 1. The average Bonchev–Trinajstić information content (AvgIpc) is 3.21. The van der Waals surface area contributed by atoms with Crippen molar-refractivity contribution in [3.05, 3.63) is 64.3 Å². The van der Waals surface area contributed by atoms with Gasteiger partial charge in [-0.1, -0.05) is 36.9 Å². The maximum atomic E-state index is 13.9. The molecule has 2 aromatic rings. The van der Waals surface area contributed by atoms with E-state index in [0.29, 0.717) is 34.3 Å². The van der Waals surface area contributed by atoms with Gasteiger partial charge in [0.2, 0.25) is 0 Å². The van der Waals surface area contributed by atoms with Crippen LogP contribution in [0.2, 0.25) is 0 Å². The smallest absolute Gasteiger partial charge is 0.262 e. The summed E-state index contributed by atoms with van der Waals surface area (Å²) in [6.07, 6.45) is 3.81. The molecule has 156 valence electrons. The van der Waals surface area contributed by atoms with Crippen molar-refractivity contribution in [1.82, 2.24) is 10.2 Å². The zero-order valence-electron chi connectivity index (χ0n) is 16.8.